The van der Waals surface area contributed by atoms with E-state index in [0.717, 1.165) is 5.56 Å². The molecule has 2 heterocycles. The molecular formula is C20H15FN4O2. The predicted octanol–water partition coefficient (Wildman–Crippen LogP) is 4.23. The Bertz CT molecular complexity index is 1080. The maximum Gasteiger partial charge on any atom is 0.295 e. The Kier molecular flexibility index (Phi) is 4.49. The molecule has 0 aliphatic heterocycles. The zero-order chi connectivity index (χ0) is 18.6. The van der Waals surface area contributed by atoms with Crippen molar-refractivity contribution in [2.45, 2.75) is 6.54 Å². The van der Waals surface area contributed by atoms with Crippen LogP contribution in [0.2, 0.25) is 0 Å². The molecule has 4 rings (SSSR count). The maximum atomic E-state index is 13.2. The van der Waals surface area contributed by atoms with Crippen LogP contribution in [0.4, 0.5) is 16.1 Å². The molecule has 0 fully saturated rings. The molecule has 0 saturated carbocycles. The Labute approximate surface area is 154 Å². The van der Waals surface area contributed by atoms with Gasteiger partial charge in [-0.2, -0.15) is 4.98 Å². The molecule has 134 valence electrons. The molecule has 0 unspecified atom stereocenters. The molecule has 0 spiro atoms. The Morgan fingerprint density at radius 3 is 2.59 bits per heavy atom. The second-order valence-electron chi connectivity index (χ2n) is 5.87. The molecule has 2 aromatic carbocycles. The van der Waals surface area contributed by atoms with Crippen LogP contribution >= 0.6 is 0 Å². The number of nitrogens with one attached hydrogen (secondary N) is 2. The summed E-state index contributed by atoms with van der Waals surface area (Å²) in [5.74, 6) is -0.551. The fourth-order valence-electron chi connectivity index (χ4n) is 2.57. The molecule has 27 heavy (non-hydrogen) atoms. The first kappa shape index (κ1) is 16.7. The quantitative estimate of drug-likeness (QED) is 0.555. The number of halogens is 1. The van der Waals surface area contributed by atoms with Crippen molar-refractivity contribution in [3.05, 3.63) is 83.9 Å². The van der Waals surface area contributed by atoms with Gasteiger partial charge in [-0.15, -0.1) is 0 Å². The average Bonchev–Trinajstić information content (AvgIpc) is 3.09. The van der Waals surface area contributed by atoms with E-state index in [0.29, 0.717) is 34.9 Å². The first-order valence-electron chi connectivity index (χ1n) is 8.28. The third-order valence-corrected chi connectivity index (χ3v) is 3.95. The lowest BCUT2D eigenvalue weighted by atomic mass is 10.1. The molecule has 0 aliphatic carbocycles. The number of nitrogens with zero attached hydrogens (tertiary/aromatic N) is 2. The number of rotatable bonds is 5. The topological polar surface area (TPSA) is 80.0 Å². The normalized spacial score (nSPS) is 10.7. The molecule has 0 atom stereocenters. The van der Waals surface area contributed by atoms with Gasteiger partial charge in [0, 0.05) is 36.3 Å². The van der Waals surface area contributed by atoms with Crippen molar-refractivity contribution in [2.75, 3.05) is 10.6 Å². The summed E-state index contributed by atoms with van der Waals surface area (Å²) >= 11 is 0. The highest BCUT2D eigenvalue weighted by molar-refractivity contribution is 6.04. The van der Waals surface area contributed by atoms with E-state index in [1.54, 1.807) is 42.7 Å². The lowest BCUT2D eigenvalue weighted by molar-refractivity contribution is 0.102. The molecular weight excluding hydrogens is 347 g/mol. The second-order valence-corrected chi connectivity index (χ2v) is 5.87. The minimum Gasteiger partial charge on any atom is -0.424 e. The third-order valence-electron chi connectivity index (χ3n) is 3.95. The van der Waals surface area contributed by atoms with Gasteiger partial charge >= 0.3 is 0 Å². The molecule has 0 aliphatic rings. The van der Waals surface area contributed by atoms with E-state index in [9.17, 15) is 9.18 Å². The van der Waals surface area contributed by atoms with E-state index in [-0.39, 0.29) is 11.7 Å². The Morgan fingerprint density at radius 2 is 1.81 bits per heavy atom. The zero-order valence-electron chi connectivity index (χ0n) is 14.1. The van der Waals surface area contributed by atoms with Crippen molar-refractivity contribution in [3.63, 3.8) is 0 Å². The summed E-state index contributed by atoms with van der Waals surface area (Å²) in [6.45, 7) is 0.460. The average molecular weight is 362 g/mol. The molecule has 1 amide bonds. The van der Waals surface area contributed by atoms with Gasteiger partial charge in [-0.05, 0) is 42.0 Å². The molecule has 0 bridgehead atoms. The number of fused-ring (bicyclic) bond motifs is 1. The van der Waals surface area contributed by atoms with Gasteiger partial charge in [-0.3, -0.25) is 9.78 Å². The van der Waals surface area contributed by atoms with E-state index in [1.165, 1.54) is 12.1 Å². The Hall–Kier alpha value is -3.74. The Morgan fingerprint density at radius 1 is 1.04 bits per heavy atom. The maximum absolute atomic E-state index is 13.2. The van der Waals surface area contributed by atoms with Gasteiger partial charge in [-0.1, -0.05) is 12.1 Å². The van der Waals surface area contributed by atoms with Crippen molar-refractivity contribution >= 4 is 28.7 Å². The summed E-state index contributed by atoms with van der Waals surface area (Å²) in [5.41, 5.74) is 3.16. The van der Waals surface area contributed by atoms with Gasteiger partial charge in [0.2, 0.25) is 0 Å². The summed E-state index contributed by atoms with van der Waals surface area (Å²) in [5, 5.41) is 5.86. The molecule has 6 nitrogen and oxygen atoms in total. The van der Waals surface area contributed by atoms with E-state index in [4.69, 9.17) is 4.42 Å². The summed E-state index contributed by atoms with van der Waals surface area (Å²) in [6, 6.07) is 15.1. The smallest absolute Gasteiger partial charge is 0.295 e. The van der Waals surface area contributed by atoms with Crippen LogP contribution in [0, 0.1) is 5.82 Å². The van der Waals surface area contributed by atoms with Crippen LogP contribution in [0.5, 0.6) is 0 Å². The number of anilines is 2. The highest BCUT2D eigenvalue weighted by atomic mass is 19.1. The van der Waals surface area contributed by atoms with Gasteiger partial charge in [0.1, 0.15) is 11.3 Å². The van der Waals surface area contributed by atoms with Crippen molar-refractivity contribution in [1.29, 1.82) is 0 Å². The fraction of sp³-hybridized carbons (Fsp3) is 0.0500. The number of amides is 1. The summed E-state index contributed by atoms with van der Waals surface area (Å²) in [4.78, 5) is 20.3. The van der Waals surface area contributed by atoms with Gasteiger partial charge in [0.05, 0.1) is 0 Å². The number of oxazole rings is 1. The van der Waals surface area contributed by atoms with Crippen LogP contribution in [-0.4, -0.2) is 15.9 Å². The van der Waals surface area contributed by atoms with E-state index >= 15 is 0 Å². The number of carbonyl (C=O) groups excluding carboxylic acids is 1. The van der Waals surface area contributed by atoms with Crippen LogP contribution in [0.25, 0.3) is 11.1 Å². The predicted molar refractivity (Wildman–Crippen MR) is 99.9 cm³/mol. The minimum absolute atomic E-state index is 0.193. The van der Waals surface area contributed by atoms with Gasteiger partial charge in [0.15, 0.2) is 5.58 Å². The summed E-state index contributed by atoms with van der Waals surface area (Å²) in [7, 11) is 0. The van der Waals surface area contributed by atoms with Gasteiger partial charge < -0.3 is 15.1 Å². The highest BCUT2D eigenvalue weighted by Crippen LogP contribution is 2.20. The third kappa shape index (κ3) is 3.92. The van der Waals surface area contributed by atoms with Gasteiger partial charge in [-0.25, -0.2) is 4.39 Å². The molecule has 7 heteroatoms. The molecule has 4 aromatic rings. The summed E-state index contributed by atoms with van der Waals surface area (Å²) < 4.78 is 18.7. The lowest BCUT2D eigenvalue weighted by Crippen LogP contribution is -2.12. The number of pyridine rings is 1. The van der Waals surface area contributed by atoms with Crippen molar-refractivity contribution in [1.82, 2.24) is 9.97 Å². The molecule has 0 radical (unpaired) electrons. The fourth-order valence-corrected chi connectivity index (χ4v) is 2.57. The van der Waals surface area contributed by atoms with E-state index < -0.39 is 0 Å². The van der Waals surface area contributed by atoms with Crippen molar-refractivity contribution in [2.24, 2.45) is 0 Å². The Balaban J connectivity index is 1.39. The SMILES string of the molecule is O=C(Nc1ccncc1)c1ccc(CNc2nc3cc(F)ccc3o2)cc1. The van der Waals surface area contributed by atoms with Crippen LogP contribution in [0.3, 0.4) is 0 Å². The molecule has 0 saturated heterocycles. The molecule has 2 aromatic heterocycles. The number of aromatic nitrogens is 2. The first-order valence-corrected chi connectivity index (χ1v) is 8.28. The number of hydrogen-bond acceptors (Lipinski definition) is 5. The monoisotopic (exact) mass is 362 g/mol. The lowest BCUT2D eigenvalue weighted by Gasteiger charge is -2.06. The van der Waals surface area contributed by atoms with Crippen LogP contribution in [0.15, 0.2) is 71.4 Å². The van der Waals surface area contributed by atoms with Crippen LogP contribution in [-0.2, 0) is 6.54 Å². The molecule has 2 N–H and O–H groups in total. The number of hydrogen-bond donors (Lipinski definition) is 2. The number of benzene rings is 2. The number of carbonyl (C=O) groups is 1. The zero-order valence-corrected chi connectivity index (χ0v) is 14.1. The van der Waals surface area contributed by atoms with E-state index in [1.807, 2.05) is 12.1 Å². The van der Waals surface area contributed by atoms with E-state index in [2.05, 4.69) is 20.6 Å². The second kappa shape index (κ2) is 7.25. The minimum atomic E-state index is -0.358. The van der Waals surface area contributed by atoms with Gasteiger partial charge in [0.25, 0.3) is 11.9 Å². The van der Waals surface area contributed by atoms with Crippen LogP contribution in [0.1, 0.15) is 15.9 Å². The van der Waals surface area contributed by atoms with Crippen molar-refractivity contribution in [3.8, 4) is 0 Å². The van der Waals surface area contributed by atoms with Crippen molar-refractivity contribution < 1.29 is 13.6 Å². The summed E-state index contributed by atoms with van der Waals surface area (Å²) in [6.07, 6.45) is 3.23. The van der Waals surface area contributed by atoms with Crippen LogP contribution < -0.4 is 10.6 Å². The first-order chi connectivity index (χ1) is 13.2. The highest BCUT2D eigenvalue weighted by Gasteiger charge is 2.08. The standard InChI is InChI=1S/C20H15FN4O2/c21-15-5-6-18-17(11-15)25-20(27-18)23-12-13-1-3-14(4-2-13)19(26)24-16-7-9-22-10-8-16/h1-11H,12H2,(H,23,25)(H,22,24,26). The largest absolute Gasteiger partial charge is 0.424 e.